The molecule has 13 atom stereocenters. The third-order valence-corrected chi connectivity index (χ3v) is 27.2. The minimum atomic E-state index is -1.03. The van der Waals surface area contributed by atoms with Crippen molar-refractivity contribution in [1.82, 2.24) is 0 Å². The maximum absolute atomic E-state index is 12.6. The molecule has 0 heterocycles. The predicted octanol–water partition coefficient (Wildman–Crippen LogP) is 25.3. The second-order valence-corrected chi connectivity index (χ2v) is 37.6. The lowest BCUT2D eigenvalue weighted by atomic mass is 9.70. The minimum absolute atomic E-state index is 0.114. The van der Waals surface area contributed by atoms with E-state index in [2.05, 4.69) is 73.4 Å². The molecule has 680 valence electrons. The summed E-state index contributed by atoms with van der Waals surface area (Å²) in [5, 5.41) is 2.17. The van der Waals surface area contributed by atoms with Crippen molar-refractivity contribution in [2.45, 2.75) is 265 Å². The van der Waals surface area contributed by atoms with Crippen LogP contribution in [0.15, 0.2) is 263 Å². The highest BCUT2D eigenvalue weighted by molar-refractivity contribution is 5.91. The van der Waals surface area contributed by atoms with E-state index >= 15 is 0 Å². The zero-order chi connectivity index (χ0) is 91.7. The molecular weight excluding hydrogens is 1590 g/mol. The first-order chi connectivity index (χ1) is 60.9. The van der Waals surface area contributed by atoms with Gasteiger partial charge in [0.15, 0.2) is 5.60 Å². The van der Waals surface area contributed by atoms with E-state index in [0.29, 0.717) is 50.7 Å². The molecule has 0 spiro atoms. The van der Waals surface area contributed by atoms with Crippen molar-refractivity contribution in [1.29, 1.82) is 0 Å². The summed E-state index contributed by atoms with van der Waals surface area (Å²) in [6.07, 6.45) is 37.7. The number of esters is 8. The summed E-state index contributed by atoms with van der Waals surface area (Å²) >= 11 is 0. The Kier molecular flexibility index (Phi) is 39.0. The van der Waals surface area contributed by atoms with Crippen molar-refractivity contribution < 1.29 is 76.3 Å². The molecule has 127 heavy (non-hydrogen) atoms. The number of hydrogen-bond acceptors (Lipinski definition) is 16. The fourth-order valence-corrected chi connectivity index (χ4v) is 20.7. The molecule has 0 amide bonds. The molecule has 0 radical (unpaired) electrons. The van der Waals surface area contributed by atoms with Gasteiger partial charge in [-0.25, -0.2) is 38.4 Å². The number of rotatable bonds is 19. The van der Waals surface area contributed by atoms with Gasteiger partial charge in [-0.3, -0.25) is 0 Å². The van der Waals surface area contributed by atoms with E-state index < -0.39 is 23.5 Å². The molecule has 0 N–H and O–H groups in total. The van der Waals surface area contributed by atoms with Crippen molar-refractivity contribution in [3.8, 4) is 11.5 Å². The van der Waals surface area contributed by atoms with Gasteiger partial charge in [-0.1, -0.05) is 264 Å². The lowest BCUT2D eigenvalue weighted by molar-refractivity contribution is -0.149. The number of benzene rings is 6. The van der Waals surface area contributed by atoms with Gasteiger partial charge in [-0.2, -0.15) is 0 Å². The standard InChI is InChI=1S/C23H20O2.C16H22O2.C14H22O2.C14H12O2.C14H24O2.C12H18O2.C9H14O2.C9H8O2/c1-18(2)22(24)25-23(19-12-6-3-7-13-19,20-14-8-4-9-15-20)21-16-10-5-11-17-21;1-8(2)16(17)18-13-7-11-6-12(13)15-10-4-3-9(5-10)14(11)15;2*1-10(2)14(15)16-13-8-7-11-5-3-4-6-12(11)9-13;1-10(2)13(15)16-12-8-6-11(7-9-12)14(3,4)5;1-2-12(13)14-11-7-6-9-4-3-5-10(9)8-11;2*1-2-9(10)11-8-6-4-3-5-7-8/h3-17H,1H2,2H3;9-15H,1,3-7H2,2H3;11-13H,1,3-9H2,2H3;3-9H,1H2,2H3;11-12H,1,6-9H2,2-5H3;2,9-11H,1,3-8H2;2,8H,1,3-7H2;2-7H,1H2. The highest BCUT2D eigenvalue weighted by Gasteiger charge is 2.63. The Hall–Kier alpha value is -10.7. The average Bonchev–Trinajstić information content (AvgIpc) is 1.56. The van der Waals surface area contributed by atoms with Gasteiger partial charge in [0.1, 0.15) is 42.0 Å². The van der Waals surface area contributed by atoms with Crippen molar-refractivity contribution in [3.63, 3.8) is 0 Å². The Morgan fingerprint density at radius 2 is 0.717 bits per heavy atom. The number of hydrogen-bond donors (Lipinski definition) is 0. The van der Waals surface area contributed by atoms with E-state index in [4.69, 9.17) is 37.9 Å². The molecule has 0 saturated heterocycles. The van der Waals surface area contributed by atoms with Crippen LogP contribution in [0.1, 0.15) is 245 Å². The number of ether oxygens (including phenoxy) is 8. The molecule has 13 unspecified atom stereocenters. The molecule has 16 heteroatoms. The first-order valence-electron chi connectivity index (χ1n) is 46.4. The van der Waals surface area contributed by atoms with Gasteiger partial charge in [0.25, 0.3) is 0 Å². The van der Waals surface area contributed by atoms with Crippen LogP contribution >= 0.6 is 0 Å². The first kappa shape index (κ1) is 100. The van der Waals surface area contributed by atoms with E-state index in [1.807, 2.05) is 133 Å². The zero-order valence-corrected chi connectivity index (χ0v) is 76.8. The smallest absolute Gasteiger partial charge is 0.338 e. The van der Waals surface area contributed by atoms with Gasteiger partial charge in [-0.05, 0) is 262 Å². The van der Waals surface area contributed by atoms with E-state index in [1.54, 1.807) is 65.0 Å². The first-order valence-corrected chi connectivity index (χ1v) is 46.4. The predicted molar refractivity (Wildman–Crippen MR) is 504 cm³/mol. The molecule has 4 bridgehead atoms. The second kappa shape index (κ2) is 49.6. The van der Waals surface area contributed by atoms with Crippen LogP contribution in [0.2, 0.25) is 0 Å². The summed E-state index contributed by atoms with van der Waals surface area (Å²) in [5.74, 6) is 8.32. The molecule has 6 aromatic carbocycles. The SMILES string of the molecule is C=C(C)C(=O)OC(c1ccccc1)(c1ccccc1)c1ccccc1.C=C(C)C(=O)OC1CC2CC1C1C3CCC(C3)C21.C=C(C)C(=O)OC1CCC(C(C)(C)C)CC1.C=C(C)C(=O)OC1CCC2CCCCC2C1.C=C(C)C(=O)Oc1ccc2ccccc2c1.C=CC(=O)OC1CCC2CCCC2C1.C=CC(=O)OC1CCCCC1.C=CC(=O)Oc1ccccc1. The second-order valence-electron chi connectivity index (χ2n) is 37.6. The minimum Gasteiger partial charge on any atom is -0.459 e. The van der Waals surface area contributed by atoms with Crippen LogP contribution in [0.3, 0.4) is 0 Å². The Labute approximate surface area is 756 Å². The number of para-hydroxylation sites is 1. The quantitative estimate of drug-likeness (QED) is 0.0184. The topological polar surface area (TPSA) is 210 Å². The van der Waals surface area contributed by atoms with E-state index in [9.17, 15) is 38.4 Å². The fourth-order valence-electron chi connectivity index (χ4n) is 20.7. The number of carbonyl (C=O) groups excluding carboxylic acids is 8. The third kappa shape index (κ3) is 29.9. The Morgan fingerprint density at radius 1 is 0.315 bits per heavy atom. The summed E-state index contributed by atoms with van der Waals surface area (Å²) in [5.41, 5.74) is 4.35. The Balaban J connectivity index is 0.000000166. The van der Waals surface area contributed by atoms with E-state index in [-0.39, 0.29) is 60.4 Å². The molecule has 0 aliphatic heterocycles. The van der Waals surface area contributed by atoms with E-state index in [1.165, 1.54) is 115 Å². The van der Waals surface area contributed by atoms with Crippen molar-refractivity contribution >= 4 is 58.5 Å². The molecule has 10 aliphatic rings. The number of fused-ring (bicyclic) bond motifs is 12. The van der Waals surface area contributed by atoms with Crippen LogP contribution in [-0.4, -0.2) is 78.3 Å². The van der Waals surface area contributed by atoms with Crippen LogP contribution in [0.4, 0.5) is 0 Å². The van der Waals surface area contributed by atoms with Crippen LogP contribution in [-0.2, 0) is 72.4 Å². The fraction of sp³-hybridized carbons (Fsp3) is 0.477. The van der Waals surface area contributed by atoms with Gasteiger partial charge in [-0.15, -0.1) is 0 Å². The largest absolute Gasteiger partial charge is 0.459 e. The molecule has 16 rings (SSSR count). The highest BCUT2D eigenvalue weighted by atomic mass is 16.6. The van der Waals surface area contributed by atoms with Crippen molar-refractivity contribution in [2.75, 3.05) is 0 Å². The Morgan fingerprint density at radius 3 is 1.21 bits per heavy atom. The summed E-state index contributed by atoms with van der Waals surface area (Å²) in [7, 11) is 0. The van der Waals surface area contributed by atoms with E-state index in [0.717, 1.165) is 163 Å². The lowest BCUT2D eigenvalue weighted by Gasteiger charge is -2.38. The zero-order valence-electron chi connectivity index (χ0n) is 76.8. The molecule has 16 nitrogen and oxygen atoms in total. The summed E-state index contributed by atoms with van der Waals surface area (Å²) in [6, 6.07) is 51.7. The summed E-state index contributed by atoms with van der Waals surface area (Å²) in [6.45, 7) is 43.6. The Bertz CT molecular complexity index is 4590. The third-order valence-electron chi connectivity index (χ3n) is 27.2. The molecule has 10 saturated carbocycles. The maximum atomic E-state index is 12.6. The van der Waals surface area contributed by atoms with Gasteiger partial charge < -0.3 is 37.9 Å². The van der Waals surface area contributed by atoms with Crippen molar-refractivity contribution in [3.05, 3.63) is 279 Å². The average molecular weight is 1730 g/mol. The summed E-state index contributed by atoms with van der Waals surface area (Å²) < 4.78 is 43.0. The lowest BCUT2D eigenvalue weighted by Crippen LogP contribution is -2.37. The number of carbonyl (C=O) groups is 8. The molecular formula is C111H140O16. The van der Waals surface area contributed by atoms with Crippen LogP contribution in [0, 0.1) is 70.5 Å². The molecule has 10 aliphatic carbocycles. The van der Waals surface area contributed by atoms with Gasteiger partial charge in [0, 0.05) is 62.8 Å². The van der Waals surface area contributed by atoms with Gasteiger partial charge in [0.05, 0.1) is 0 Å². The highest BCUT2D eigenvalue weighted by Crippen LogP contribution is 2.68. The van der Waals surface area contributed by atoms with Crippen LogP contribution in [0.5, 0.6) is 11.5 Å². The summed E-state index contributed by atoms with van der Waals surface area (Å²) in [4.78, 5) is 90.8. The van der Waals surface area contributed by atoms with Crippen LogP contribution < -0.4 is 9.47 Å². The van der Waals surface area contributed by atoms with Crippen LogP contribution in [0.25, 0.3) is 10.8 Å². The monoisotopic (exact) mass is 1730 g/mol. The molecule has 10 fully saturated rings. The van der Waals surface area contributed by atoms with Crippen molar-refractivity contribution in [2.24, 2.45) is 70.5 Å². The van der Waals surface area contributed by atoms with Gasteiger partial charge in [0.2, 0.25) is 0 Å². The normalized spacial score (nSPS) is 24.7. The maximum Gasteiger partial charge on any atom is 0.338 e. The molecule has 0 aromatic heterocycles. The van der Waals surface area contributed by atoms with Gasteiger partial charge >= 0.3 is 47.8 Å². The molecule has 6 aromatic rings.